The maximum Gasteiger partial charge on any atom is 0.274 e. The Bertz CT molecular complexity index is 948. The van der Waals surface area contributed by atoms with Crippen LogP contribution in [0.4, 0.5) is 5.69 Å². The fourth-order valence-corrected chi connectivity index (χ4v) is 3.31. The number of rotatable bonds is 9. The SMILES string of the molecule is CCCCC/C=C/Cc1ccccc1-c1ccccc1NC(=O)c1ccccn1. The van der Waals surface area contributed by atoms with E-state index in [2.05, 4.69) is 53.6 Å². The molecule has 2 aromatic carbocycles. The van der Waals surface area contributed by atoms with Gasteiger partial charge in [0.15, 0.2) is 0 Å². The third-order valence-electron chi connectivity index (χ3n) is 4.86. The number of carbonyl (C=O) groups excluding carboxylic acids is 1. The van der Waals surface area contributed by atoms with Gasteiger partial charge in [-0.05, 0) is 48.6 Å². The number of hydrogen-bond donors (Lipinski definition) is 1. The van der Waals surface area contributed by atoms with Crippen LogP contribution in [0.5, 0.6) is 0 Å². The first-order chi connectivity index (χ1) is 14.3. The Morgan fingerprint density at radius 1 is 0.897 bits per heavy atom. The highest BCUT2D eigenvalue weighted by atomic mass is 16.1. The van der Waals surface area contributed by atoms with Crippen molar-refractivity contribution < 1.29 is 4.79 Å². The molecule has 3 aromatic rings. The van der Waals surface area contributed by atoms with E-state index in [9.17, 15) is 4.79 Å². The molecule has 0 saturated heterocycles. The van der Waals surface area contributed by atoms with Gasteiger partial charge in [0.1, 0.15) is 5.69 Å². The molecule has 3 nitrogen and oxygen atoms in total. The molecular weight excluding hydrogens is 356 g/mol. The van der Waals surface area contributed by atoms with Crippen LogP contribution in [0.25, 0.3) is 11.1 Å². The van der Waals surface area contributed by atoms with Gasteiger partial charge in [-0.1, -0.05) is 80.4 Å². The van der Waals surface area contributed by atoms with Crippen LogP contribution in [0.3, 0.4) is 0 Å². The van der Waals surface area contributed by atoms with Gasteiger partial charge in [-0.25, -0.2) is 0 Å². The summed E-state index contributed by atoms with van der Waals surface area (Å²) < 4.78 is 0. The second-order valence-corrected chi connectivity index (χ2v) is 7.04. The van der Waals surface area contributed by atoms with Gasteiger partial charge in [0, 0.05) is 17.4 Å². The molecule has 0 aliphatic carbocycles. The average molecular weight is 385 g/mol. The molecule has 0 aliphatic heterocycles. The molecule has 1 N–H and O–H groups in total. The van der Waals surface area contributed by atoms with E-state index in [0.29, 0.717) is 5.69 Å². The van der Waals surface area contributed by atoms with E-state index in [1.165, 1.54) is 24.8 Å². The Morgan fingerprint density at radius 2 is 1.66 bits per heavy atom. The van der Waals surface area contributed by atoms with Gasteiger partial charge < -0.3 is 5.32 Å². The van der Waals surface area contributed by atoms with E-state index in [1.54, 1.807) is 18.3 Å². The van der Waals surface area contributed by atoms with Crippen molar-refractivity contribution in [2.75, 3.05) is 5.32 Å². The van der Waals surface area contributed by atoms with Crippen molar-refractivity contribution >= 4 is 11.6 Å². The number of pyridine rings is 1. The van der Waals surface area contributed by atoms with Crippen LogP contribution in [0.1, 0.15) is 48.7 Å². The molecule has 3 heteroatoms. The number of hydrogen-bond acceptors (Lipinski definition) is 2. The Morgan fingerprint density at radius 3 is 2.45 bits per heavy atom. The Hall–Kier alpha value is -3.20. The number of anilines is 1. The monoisotopic (exact) mass is 384 g/mol. The lowest BCUT2D eigenvalue weighted by Gasteiger charge is -2.14. The molecule has 148 valence electrons. The summed E-state index contributed by atoms with van der Waals surface area (Å²) in [5.74, 6) is -0.202. The van der Waals surface area contributed by atoms with Gasteiger partial charge in [-0.2, -0.15) is 0 Å². The summed E-state index contributed by atoms with van der Waals surface area (Å²) >= 11 is 0. The quantitative estimate of drug-likeness (QED) is 0.330. The first-order valence-electron chi connectivity index (χ1n) is 10.3. The number of para-hydroxylation sites is 1. The summed E-state index contributed by atoms with van der Waals surface area (Å²) in [6, 6.07) is 21.7. The molecule has 0 spiro atoms. The number of benzene rings is 2. The maximum absolute atomic E-state index is 12.6. The van der Waals surface area contributed by atoms with Crippen LogP contribution in [0.15, 0.2) is 85.1 Å². The molecule has 1 amide bonds. The van der Waals surface area contributed by atoms with E-state index >= 15 is 0 Å². The molecule has 0 atom stereocenters. The minimum absolute atomic E-state index is 0.202. The lowest BCUT2D eigenvalue weighted by Crippen LogP contribution is -2.14. The van der Waals surface area contributed by atoms with Crippen molar-refractivity contribution in [3.8, 4) is 11.1 Å². The molecule has 1 aromatic heterocycles. The molecule has 0 radical (unpaired) electrons. The largest absolute Gasteiger partial charge is 0.320 e. The smallest absolute Gasteiger partial charge is 0.274 e. The van der Waals surface area contributed by atoms with Crippen molar-refractivity contribution in [3.63, 3.8) is 0 Å². The number of unbranched alkanes of at least 4 members (excludes halogenated alkanes) is 3. The zero-order chi connectivity index (χ0) is 20.3. The lowest BCUT2D eigenvalue weighted by molar-refractivity contribution is 0.102. The third-order valence-corrected chi connectivity index (χ3v) is 4.86. The van der Waals surface area contributed by atoms with Crippen molar-refractivity contribution in [1.82, 2.24) is 4.98 Å². The van der Waals surface area contributed by atoms with Gasteiger partial charge in [0.25, 0.3) is 5.91 Å². The average Bonchev–Trinajstić information content (AvgIpc) is 2.77. The minimum atomic E-state index is -0.202. The Kier molecular flexibility index (Phi) is 7.76. The van der Waals surface area contributed by atoms with Crippen LogP contribution in [-0.4, -0.2) is 10.9 Å². The molecule has 0 saturated carbocycles. The first-order valence-corrected chi connectivity index (χ1v) is 10.3. The summed E-state index contributed by atoms with van der Waals surface area (Å²) in [5.41, 5.74) is 4.61. The minimum Gasteiger partial charge on any atom is -0.320 e. The summed E-state index contributed by atoms with van der Waals surface area (Å²) in [6.45, 7) is 2.23. The summed E-state index contributed by atoms with van der Waals surface area (Å²) in [4.78, 5) is 16.7. The second-order valence-electron chi connectivity index (χ2n) is 7.04. The number of carbonyl (C=O) groups is 1. The molecule has 0 unspecified atom stereocenters. The highest BCUT2D eigenvalue weighted by Gasteiger charge is 2.12. The number of amides is 1. The molecule has 0 aliphatic rings. The van der Waals surface area contributed by atoms with Crippen LogP contribution in [-0.2, 0) is 6.42 Å². The fourth-order valence-electron chi connectivity index (χ4n) is 3.31. The lowest BCUT2D eigenvalue weighted by atomic mass is 9.96. The van der Waals surface area contributed by atoms with Gasteiger partial charge in [-0.3, -0.25) is 9.78 Å². The van der Waals surface area contributed by atoms with E-state index in [4.69, 9.17) is 0 Å². The second kappa shape index (κ2) is 11.0. The van der Waals surface area contributed by atoms with Crippen LogP contribution in [0.2, 0.25) is 0 Å². The number of allylic oxidation sites excluding steroid dienone is 2. The Balaban J connectivity index is 1.80. The van der Waals surface area contributed by atoms with Crippen molar-refractivity contribution in [3.05, 3.63) is 96.3 Å². The molecule has 0 bridgehead atoms. The topological polar surface area (TPSA) is 42.0 Å². The normalized spacial score (nSPS) is 10.9. The molecular formula is C26H28N2O. The van der Waals surface area contributed by atoms with E-state index in [-0.39, 0.29) is 5.91 Å². The van der Waals surface area contributed by atoms with Crippen LogP contribution in [0, 0.1) is 0 Å². The van der Waals surface area contributed by atoms with Crippen molar-refractivity contribution in [2.45, 2.75) is 39.0 Å². The van der Waals surface area contributed by atoms with Crippen molar-refractivity contribution in [1.29, 1.82) is 0 Å². The highest BCUT2D eigenvalue weighted by Crippen LogP contribution is 2.31. The van der Waals surface area contributed by atoms with E-state index in [0.717, 1.165) is 29.7 Å². The third kappa shape index (κ3) is 5.89. The fraction of sp³-hybridized carbons (Fsp3) is 0.231. The van der Waals surface area contributed by atoms with Gasteiger partial charge >= 0.3 is 0 Å². The number of nitrogens with one attached hydrogen (secondary N) is 1. The van der Waals surface area contributed by atoms with Gasteiger partial charge in [0.2, 0.25) is 0 Å². The van der Waals surface area contributed by atoms with Gasteiger partial charge in [0.05, 0.1) is 0 Å². The maximum atomic E-state index is 12.6. The van der Waals surface area contributed by atoms with Crippen LogP contribution < -0.4 is 5.32 Å². The zero-order valence-corrected chi connectivity index (χ0v) is 17.0. The summed E-state index contributed by atoms with van der Waals surface area (Å²) in [6.07, 6.45) is 11.9. The van der Waals surface area contributed by atoms with Gasteiger partial charge in [-0.15, -0.1) is 0 Å². The molecule has 1 heterocycles. The summed E-state index contributed by atoms with van der Waals surface area (Å²) in [7, 11) is 0. The molecule has 3 rings (SSSR count). The standard InChI is InChI=1S/C26H28N2O/c1-2-3-4-5-6-7-14-21-15-8-9-16-22(21)23-17-10-11-18-24(23)28-26(29)25-19-12-13-20-27-25/h6-13,15-20H,2-5,14H2,1H3,(H,28,29)/b7-6+. The van der Waals surface area contributed by atoms with Crippen LogP contribution >= 0.6 is 0 Å². The molecule has 0 fully saturated rings. The zero-order valence-electron chi connectivity index (χ0n) is 17.0. The highest BCUT2D eigenvalue weighted by molar-refractivity contribution is 6.05. The molecule has 29 heavy (non-hydrogen) atoms. The number of nitrogens with zero attached hydrogens (tertiary/aromatic N) is 1. The predicted octanol–water partition coefficient (Wildman–Crippen LogP) is 6.68. The Labute approximate surface area is 173 Å². The first kappa shape index (κ1) is 20.5. The van der Waals surface area contributed by atoms with E-state index < -0.39 is 0 Å². The summed E-state index contributed by atoms with van der Waals surface area (Å²) in [5, 5.41) is 3.02. The number of aromatic nitrogens is 1. The van der Waals surface area contributed by atoms with Crippen molar-refractivity contribution in [2.24, 2.45) is 0 Å². The van der Waals surface area contributed by atoms with E-state index in [1.807, 2.05) is 30.3 Å². The predicted molar refractivity (Wildman–Crippen MR) is 121 cm³/mol.